The lowest BCUT2D eigenvalue weighted by molar-refractivity contribution is 0.0926. The number of nitrogens with zero attached hydrogens (tertiary/aromatic N) is 2. The van der Waals surface area contributed by atoms with E-state index in [2.05, 4.69) is 0 Å². The average molecular weight is 325 g/mol. The highest BCUT2D eigenvalue weighted by Gasteiger charge is 2.33. The van der Waals surface area contributed by atoms with Crippen molar-refractivity contribution in [2.24, 2.45) is 5.92 Å². The molecule has 7 heteroatoms. The lowest BCUT2D eigenvalue weighted by Gasteiger charge is -2.34. The maximum atomic E-state index is 12.7. The molecule has 0 saturated carbocycles. The largest absolute Gasteiger partial charge is 0.377 e. The highest BCUT2D eigenvalue weighted by molar-refractivity contribution is 7.86. The Hall–Kier alpha value is 0.120. The van der Waals surface area contributed by atoms with Gasteiger partial charge in [0.25, 0.3) is 10.2 Å². The van der Waals surface area contributed by atoms with Gasteiger partial charge in [0.2, 0.25) is 0 Å². The Morgan fingerprint density at radius 1 is 1.30 bits per heavy atom. The number of piperidine rings is 1. The first-order chi connectivity index (χ1) is 9.57. The highest BCUT2D eigenvalue weighted by atomic mass is 35.5. The van der Waals surface area contributed by atoms with E-state index in [-0.39, 0.29) is 6.10 Å². The van der Waals surface area contributed by atoms with Gasteiger partial charge in [0, 0.05) is 38.7 Å². The van der Waals surface area contributed by atoms with Crippen molar-refractivity contribution in [3.63, 3.8) is 0 Å². The smallest absolute Gasteiger partial charge is 0.282 e. The molecule has 118 valence electrons. The minimum Gasteiger partial charge on any atom is -0.377 e. The molecular weight excluding hydrogens is 300 g/mol. The van der Waals surface area contributed by atoms with Crippen molar-refractivity contribution in [2.75, 3.05) is 38.7 Å². The molecule has 0 N–H and O–H groups in total. The molecule has 0 radical (unpaired) electrons. The molecule has 5 nitrogen and oxygen atoms in total. The van der Waals surface area contributed by atoms with E-state index >= 15 is 0 Å². The summed E-state index contributed by atoms with van der Waals surface area (Å²) in [5.74, 6) is 1.08. The zero-order valence-electron chi connectivity index (χ0n) is 12.1. The minimum absolute atomic E-state index is 0.0603. The Labute approximate surface area is 127 Å². The van der Waals surface area contributed by atoms with Crippen molar-refractivity contribution in [1.29, 1.82) is 0 Å². The van der Waals surface area contributed by atoms with Crippen LogP contribution in [0.15, 0.2) is 0 Å². The summed E-state index contributed by atoms with van der Waals surface area (Å²) in [6.45, 7) is 4.79. The zero-order valence-corrected chi connectivity index (χ0v) is 13.7. The predicted molar refractivity (Wildman–Crippen MR) is 80.2 cm³/mol. The van der Waals surface area contributed by atoms with Gasteiger partial charge in [0.15, 0.2) is 0 Å². The standard InChI is InChI=1S/C13H25ClN2O3S/c1-2-15(11-13-4-3-9-19-13)20(17,18)16-7-5-12(10-14)6-8-16/h12-13H,2-11H2,1H3. The molecule has 0 bridgehead atoms. The Balaban J connectivity index is 1.96. The van der Waals surface area contributed by atoms with Crippen molar-refractivity contribution >= 4 is 21.8 Å². The van der Waals surface area contributed by atoms with Crippen LogP contribution >= 0.6 is 11.6 Å². The lowest BCUT2D eigenvalue weighted by atomic mass is 10.0. The van der Waals surface area contributed by atoms with Gasteiger partial charge in [0.1, 0.15) is 0 Å². The number of likely N-dealkylation sites (N-methyl/N-ethyl adjacent to an activating group) is 1. The van der Waals surface area contributed by atoms with Crippen LogP contribution in [0.25, 0.3) is 0 Å². The Kier molecular flexibility index (Phi) is 6.10. The average Bonchev–Trinajstić information content (AvgIpc) is 2.97. The molecule has 2 aliphatic heterocycles. The summed E-state index contributed by atoms with van der Waals surface area (Å²) in [4.78, 5) is 0. The van der Waals surface area contributed by atoms with Crippen molar-refractivity contribution in [1.82, 2.24) is 8.61 Å². The Morgan fingerprint density at radius 2 is 2.00 bits per heavy atom. The monoisotopic (exact) mass is 324 g/mol. The second-order valence-electron chi connectivity index (χ2n) is 5.59. The highest BCUT2D eigenvalue weighted by Crippen LogP contribution is 2.23. The summed E-state index contributed by atoms with van der Waals surface area (Å²) < 4.78 is 34.1. The third-order valence-corrected chi connectivity index (χ3v) is 6.74. The van der Waals surface area contributed by atoms with Crippen LogP contribution in [0.4, 0.5) is 0 Å². The fraction of sp³-hybridized carbons (Fsp3) is 1.00. The van der Waals surface area contributed by atoms with Gasteiger partial charge in [-0.25, -0.2) is 0 Å². The molecule has 2 fully saturated rings. The molecule has 2 rings (SSSR count). The van der Waals surface area contributed by atoms with E-state index in [0.717, 1.165) is 32.3 Å². The molecule has 0 aromatic rings. The van der Waals surface area contributed by atoms with Crippen LogP contribution in [0.2, 0.25) is 0 Å². The van der Waals surface area contributed by atoms with E-state index in [1.165, 1.54) is 0 Å². The van der Waals surface area contributed by atoms with E-state index in [1.54, 1.807) is 8.61 Å². The fourth-order valence-corrected chi connectivity index (χ4v) is 4.85. The van der Waals surface area contributed by atoms with Crippen LogP contribution in [-0.2, 0) is 14.9 Å². The van der Waals surface area contributed by atoms with Crippen molar-refractivity contribution in [3.05, 3.63) is 0 Å². The summed E-state index contributed by atoms with van der Waals surface area (Å²) in [6, 6.07) is 0. The maximum absolute atomic E-state index is 12.7. The molecule has 0 spiro atoms. The normalized spacial score (nSPS) is 26.4. The van der Waals surface area contributed by atoms with Crippen LogP contribution in [-0.4, -0.2) is 61.8 Å². The molecule has 0 aromatic carbocycles. The van der Waals surface area contributed by atoms with Gasteiger partial charge in [-0.05, 0) is 31.6 Å². The van der Waals surface area contributed by atoms with Gasteiger partial charge in [0.05, 0.1) is 6.10 Å². The third-order valence-electron chi connectivity index (χ3n) is 4.23. The molecule has 0 amide bonds. The molecular formula is C13H25ClN2O3S. The third kappa shape index (κ3) is 3.85. The van der Waals surface area contributed by atoms with Gasteiger partial charge < -0.3 is 4.74 Å². The lowest BCUT2D eigenvalue weighted by Crippen LogP contribution is -2.49. The zero-order chi connectivity index (χ0) is 14.6. The molecule has 1 atom stereocenters. The maximum Gasteiger partial charge on any atom is 0.282 e. The molecule has 1 unspecified atom stereocenters. The van der Waals surface area contributed by atoms with E-state index in [1.807, 2.05) is 6.92 Å². The molecule has 2 saturated heterocycles. The van der Waals surface area contributed by atoms with Crippen LogP contribution in [0, 0.1) is 5.92 Å². The summed E-state index contributed by atoms with van der Waals surface area (Å²) in [5, 5.41) is 0. The summed E-state index contributed by atoms with van der Waals surface area (Å²) in [7, 11) is -3.35. The van der Waals surface area contributed by atoms with Crippen molar-refractivity contribution in [2.45, 2.75) is 38.7 Å². The number of halogens is 1. The first kappa shape index (κ1) is 16.5. The quantitative estimate of drug-likeness (QED) is 0.699. The van der Waals surface area contributed by atoms with Gasteiger partial charge in [-0.15, -0.1) is 11.6 Å². The molecule has 0 aliphatic carbocycles. The number of alkyl halides is 1. The van der Waals surface area contributed by atoms with E-state index < -0.39 is 10.2 Å². The SMILES string of the molecule is CCN(CC1CCCO1)S(=O)(=O)N1CCC(CCl)CC1. The summed E-state index contributed by atoms with van der Waals surface area (Å²) in [6.07, 6.45) is 3.77. The van der Waals surface area contributed by atoms with Gasteiger partial charge in [-0.2, -0.15) is 17.0 Å². The minimum atomic E-state index is -3.35. The molecule has 20 heavy (non-hydrogen) atoms. The first-order valence-electron chi connectivity index (χ1n) is 7.50. The molecule has 2 heterocycles. The number of hydrogen-bond acceptors (Lipinski definition) is 3. The number of rotatable bonds is 6. The van der Waals surface area contributed by atoms with Crippen molar-refractivity contribution < 1.29 is 13.2 Å². The molecule has 0 aromatic heterocycles. The number of ether oxygens (including phenoxy) is 1. The van der Waals surface area contributed by atoms with Crippen LogP contribution in [0.3, 0.4) is 0 Å². The number of hydrogen-bond donors (Lipinski definition) is 0. The van der Waals surface area contributed by atoms with Crippen LogP contribution in [0.5, 0.6) is 0 Å². The second kappa shape index (κ2) is 7.40. The Bertz CT molecular complexity index is 390. The van der Waals surface area contributed by atoms with Crippen LogP contribution in [0.1, 0.15) is 32.6 Å². The predicted octanol–water partition coefficient (Wildman–Crippen LogP) is 1.68. The van der Waals surface area contributed by atoms with E-state index in [4.69, 9.17) is 16.3 Å². The second-order valence-corrected chi connectivity index (χ2v) is 7.83. The molecule has 2 aliphatic rings. The Morgan fingerprint density at radius 3 is 2.50 bits per heavy atom. The fourth-order valence-electron chi connectivity index (χ4n) is 2.86. The van der Waals surface area contributed by atoms with Gasteiger partial charge in [-0.3, -0.25) is 0 Å². The topological polar surface area (TPSA) is 49.9 Å². The summed E-state index contributed by atoms with van der Waals surface area (Å²) >= 11 is 5.85. The summed E-state index contributed by atoms with van der Waals surface area (Å²) in [5.41, 5.74) is 0. The van der Waals surface area contributed by atoms with Gasteiger partial charge >= 0.3 is 0 Å². The van der Waals surface area contributed by atoms with Crippen LogP contribution < -0.4 is 0 Å². The van der Waals surface area contributed by atoms with E-state index in [0.29, 0.717) is 38.0 Å². The first-order valence-corrected chi connectivity index (χ1v) is 9.43. The van der Waals surface area contributed by atoms with E-state index in [9.17, 15) is 8.42 Å². The van der Waals surface area contributed by atoms with Gasteiger partial charge in [-0.1, -0.05) is 6.92 Å². The van der Waals surface area contributed by atoms with Crippen molar-refractivity contribution in [3.8, 4) is 0 Å².